The van der Waals surface area contributed by atoms with Crippen LogP contribution in [0, 0.1) is 0 Å². The number of esters is 1. The number of aliphatic carboxylic acids is 1. The summed E-state index contributed by atoms with van der Waals surface area (Å²) in [4.78, 5) is 20.9. The number of hydrogen-bond donors (Lipinski definition) is 2. The van der Waals surface area contributed by atoms with Gasteiger partial charge in [-0.2, -0.15) is 0 Å². The van der Waals surface area contributed by atoms with Crippen LogP contribution >= 0.6 is 12.4 Å². The van der Waals surface area contributed by atoms with Crippen LogP contribution in [0.15, 0.2) is 0 Å². The lowest BCUT2D eigenvalue weighted by Gasteiger charge is -2.31. The van der Waals surface area contributed by atoms with Gasteiger partial charge in [-0.1, -0.05) is 0 Å². The zero-order chi connectivity index (χ0) is 8.43. The van der Waals surface area contributed by atoms with Crippen LogP contribution in [0.3, 0.4) is 0 Å². The van der Waals surface area contributed by atoms with E-state index < -0.39 is 24.0 Å². The second-order valence-corrected chi connectivity index (χ2v) is 2.37. The standard InChI is InChI=1S/C6H9NO4.ClH/c1-11-6(10)4-2-3(7-4)5(8)9;/h3-4,7H,2H2,1H3,(H,8,9);1H. The highest BCUT2D eigenvalue weighted by Gasteiger charge is 2.38. The molecule has 0 aliphatic carbocycles. The first-order valence-corrected chi connectivity index (χ1v) is 3.22. The van der Waals surface area contributed by atoms with Crippen LogP contribution in [0.2, 0.25) is 0 Å². The molecule has 1 fully saturated rings. The van der Waals surface area contributed by atoms with E-state index in [9.17, 15) is 9.59 Å². The van der Waals surface area contributed by atoms with Gasteiger partial charge in [-0.05, 0) is 6.42 Å². The van der Waals surface area contributed by atoms with E-state index in [1.807, 2.05) is 0 Å². The van der Waals surface area contributed by atoms with Gasteiger partial charge >= 0.3 is 11.9 Å². The third-order valence-electron chi connectivity index (χ3n) is 1.66. The van der Waals surface area contributed by atoms with Crippen LogP contribution in [0.5, 0.6) is 0 Å². The number of ether oxygens (including phenoxy) is 1. The molecule has 0 aromatic heterocycles. The van der Waals surface area contributed by atoms with Crippen molar-refractivity contribution in [3.8, 4) is 0 Å². The normalized spacial score (nSPS) is 26.4. The lowest BCUT2D eigenvalue weighted by Crippen LogP contribution is -2.60. The fraction of sp³-hybridized carbons (Fsp3) is 0.667. The number of carbonyl (C=O) groups excluding carboxylic acids is 1. The fourth-order valence-electron chi connectivity index (χ4n) is 0.933. The molecule has 70 valence electrons. The summed E-state index contributed by atoms with van der Waals surface area (Å²) in [5.74, 6) is -1.33. The van der Waals surface area contributed by atoms with Gasteiger partial charge in [0.25, 0.3) is 0 Å². The average Bonchev–Trinajstić information content (AvgIpc) is 1.83. The molecular formula is C6H10ClNO4. The Morgan fingerprint density at radius 3 is 2.33 bits per heavy atom. The van der Waals surface area contributed by atoms with Crippen molar-refractivity contribution < 1.29 is 19.4 Å². The minimum atomic E-state index is -0.926. The third-order valence-corrected chi connectivity index (χ3v) is 1.66. The molecule has 1 heterocycles. The number of nitrogens with one attached hydrogen (secondary N) is 1. The molecule has 5 nitrogen and oxygen atoms in total. The maximum atomic E-state index is 10.7. The topological polar surface area (TPSA) is 75.6 Å². The van der Waals surface area contributed by atoms with Crippen LogP contribution < -0.4 is 5.32 Å². The number of methoxy groups -OCH3 is 1. The summed E-state index contributed by atoms with van der Waals surface area (Å²) in [6.07, 6.45) is 0.321. The summed E-state index contributed by atoms with van der Waals surface area (Å²) in [5.41, 5.74) is 0. The number of carbonyl (C=O) groups is 2. The van der Waals surface area contributed by atoms with Crippen molar-refractivity contribution in [1.29, 1.82) is 0 Å². The van der Waals surface area contributed by atoms with Crippen LogP contribution in [-0.2, 0) is 14.3 Å². The Morgan fingerprint density at radius 2 is 2.00 bits per heavy atom. The van der Waals surface area contributed by atoms with Gasteiger partial charge in [-0.15, -0.1) is 12.4 Å². The molecule has 0 bridgehead atoms. The predicted octanol–water partition coefficient (Wildman–Crippen LogP) is -0.604. The molecule has 2 atom stereocenters. The molecule has 0 spiro atoms. The quantitative estimate of drug-likeness (QED) is 0.576. The molecule has 0 saturated carbocycles. The Bertz CT molecular complexity index is 190. The van der Waals surface area contributed by atoms with Gasteiger partial charge in [0.15, 0.2) is 0 Å². The van der Waals surface area contributed by atoms with E-state index in [4.69, 9.17) is 5.11 Å². The number of carboxylic acid groups (broad SMARTS) is 1. The highest BCUT2D eigenvalue weighted by atomic mass is 35.5. The first-order chi connectivity index (χ1) is 5.15. The molecule has 1 rings (SSSR count). The van der Waals surface area contributed by atoms with Crippen molar-refractivity contribution in [1.82, 2.24) is 5.32 Å². The zero-order valence-electron chi connectivity index (χ0n) is 6.44. The molecule has 0 radical (unpaired) electrons. The molecule has 1 saturated heterocycles. The van der Waals surface area contributed by atoms with E-state index in [1.165, 1.54) is 7.11 Å². The fourth-order valence-corrected chi connectivity index (χ4v) is 0.933. The summed E-state index contributed by atoms with van der Waals surface area (Å²) in [5, 5.41) is 10.9. The Balaban J connectivity index is 0.00000121. The van der Waals surface area contributed by atoms with E-state index in [0.29, 0.717) is 6.42 Å². The van der Waals surface area contributed by atoms with Gasteiger partial charge in [-0.3, -0.25) is 14.9 Å². The summed E-state index contributed by atoms with van der Waals surface area (Å²) in [6.45, 7) is 0. The van der Waals surface area contributed by atoms with Crippen molar-refractivity contribution in [2.75, 3.05) is 7.11 Å². The van der Waals surface area contributed by atoms with Gasteiger partial charge in [0.05, 0.1) is 7.11 Å². The van der Waals surface area contributed by atoms with Gasteiger partial charge < -0.3 is 9.84 Å². The molecule has 1 aliphatic rings. The van der Waals surface area contributed by atoms with Crippen molar-refractivity contribution >= 4 is 24.3 Å². The number of carboxylic acids is 1. The van der Waals surface area contributed by atoms with Crippen LogP contribution in [-0.4, -0.2) is 36.2 Å². The van der Waals surface area contributed by atoms with E-state index in [-0.39, 0.29) is 12.4 Å². The molecule has 12 heavy (non-hydrogen) atoms. The molecule has 1 aliphatic heterocycles. The second-order valence-electron chi connectivity index (χ2n) is 2.37. The lowest BCUT2D eigenvalue weighted by atomic mass is 9.97. The number of hydrogen-bond acceptors (Lipinski definition) is 4. The van der Waals surface area contributed by atoms with Crippen molar-refractivity contribution in [2.24, 2.45) is 0 Å². The zero-order valence-corrected chi connectivity index (χ0v) is 7.26. The van der Waals surface area contributed by atoms with E-state index in [1.54, 1.807) is 0 Å². The average molecular weight is 196 g/mol. The van der Waals surface area contributed by atoms with Crippen LogP contribution in [0.25, 0.3) is 0 Å². The molecule has 0 amide bonds. The Hall–Kier alpha value is -0.810. The minimum Gasteiger partial charge on any atom is -0.480 e. The largest absolute Gasteiger partial charge is 0.480 e. The van der Waals surface area contributed by atoms with Crippen LogP contribution in [0.4, 0.5) is 0 Å². The monoisotopic (exact) mass is 195 g/mol. The highest BCUT2D eigenvalue weighted by Crippen LogP contribution is 2.12. The Morgan fingerprint density at radius 1 is 1.50 bits per heavy atom. The van der Waals surface area contributed by atoms with Gasteiger partial charge in [-0.25, -0.2) is 0 Å². The first-order valence-electron chi connectivity index (χ1n) is 3.22. The van der Waals surface area contributed by atoms with Gasteiger partial charge in [0.2, 0.25) is 0 Å². The maximum Gasteiger partial charge on any atom is 0.322 e. The van der Waals surface area contributed by atoms with Crippen molar-refractivity contribution in [3.05, 3.63) is 0 Å². The molecule has 2 N–H and O–H groups in total. The lowest BCUT2D eigenvalue weighted by molar-refractivity contribution is -0.150. The van der Waals surface area contributed by atoms with Crippen LogP contribution in [0.1, 0.15) is 6.42 Å². The molecule has 6 heteroatoms. The maximum absolute atomic E-state index is 10.7. The van der Waals surface area contributed by atoms with Gasteiger partial charge in [0, 0.05) is 0 Å². The minimum absolute atomic E-state index is 0. The summed E-state index contributed by atoms with van der Waals surface area (Å²) < 4.78 is 4.39. The SMILES string of the molecule is COC(=O)C1CC(C(=O)O)N1.Cl. The van der Waals surface area contributed by atoms with E-state index >= 15 is 0 Å². The predicted molar refractivity (Wildman–Crippen MR) is 42.2 cm³/mol. The molecule has 0 aromatic carbocycles. The Labute approximate surface area is 75.5 Å². The first kappa shape index (κ1) is 11.2. The number of rotatable bonds is 2. The Kier molecular flexibility index (Phi) is 3.99. The summed E-state index contributed by atoms with van der Waals surface area (Å²) in [7, 11) is 1.28. The smallest absolute Gasteiger partial charge is 0.322 e. The summed E-state index contributed by atoms with van der Waals surface area (Å²) >= 11 is 0. The molecular weight excluding hydrogens is 186 g/mol. The van der Waals surface area contributed by atoms with Crippen molar-refractivity contribution in [2.45, 2.75) is 18.5 Å². The third kappa shape index (κ3) is 2.09. The second kappa shape index (κ2) is 4.27. The van der Waals surface area contributed by atoms with Gasteiger partial charge in [0.1, 0.15) is 12.1 Å². The van der Waals surface area contributed by atoms with E-state index in [2.05, 4.69) is 10.1 Å². The highest BCUT2D eigenvalue weighted by molar-refractivity contribution is 5.85. The number of halogens is 1. The van der Waals surface area contributed by atoms with Crippen molar-refractivity contribution in [3.63, 3.8) is 0 Å². The molecule has 0 aromatic rings. The van der Waals surface area contributed by atoms with E-state index in [0.717, 1.165) is 0 Å². The summed E-state index contributed by atoms with van der Waals surface area (Å²) in [6, 6.07) is -1.01. The molecule has 2 unspecified atom stereocenters.